The number of carbonyl (C=O) groups excluding carboxylic acids is 4. The van der Waals surface area contributed by atoms with Crippen LogP contribution >= 0.6 is 11.3 Å². The molecule has 3 heterocycles. The van der Waals surface area contributed by atoms with Crippen LogP contribution in [0.25, 0.3) is 0 Å². The standard InChI is InChI=1S/C26H31N7O4S/c1-2-17-23(35)31-20(14-16-8-4-3-5-9-16)26-32-21(15-38-26)22(34)27-12-7-6-10-18(24(36)29-17)30-25(37)19-11-13-28-33-19/h3-5,8-9,11,13,15,17-18,20H,2,6-7,10,12,14H2,1H3,(H,27,34)(H,28,33)(H,29,36)(H,30,37)(H,31,35)/t17-,18+,20+/m1/s1. The van der Waals surface area contributed by atoms with E-state index in [1.807, 2.05) is 30.3 Å². The van der Waals surface area contributed by atoms with E-state index >= 15 is 0 Å². The van der Waals surface area contributed by atoms with Crippen LogP contribution in [0, 0.1) is 0 Å². The highest BCUT2D eigenvalue weighted by Gasteiger charge is 2.29. The first-order valence-corrected chi connectivity index (χ1v) is 13.5. The van der Waals surface area contributed by atoms with E-state index in [1.54, 1.807) is 12.3 Å². The number of rotatable bonds is 5. The number of H-pyrrole nitrogens is 1. The fourth-order valence-electron chi connectivity index (χ4n) is 4.15. The van der Waals surface area contributed by atoms with Gasteiger partial charge in [0.1, 0.15) is 28.5 Å². The lowest BCUT2D eigenvalue weighted by molar-refractivity contribution is -0.130. The zero-order chi connectivity index (χ0) is 26.9. The molecule has 0 saturated heterocycles. The number of aromatic nitrogens is 3. The van der Waals surface area contributed by atoms with Gasteiger partial charge in [-0.1, -0.05) is 37.3 Å². The van der Waals surface area contributed by atoms with E-state index in [-0.39, 0.29) is 17.5 Å². The number of nitrogens with one attached hydrogen (secondary N) is 5. The Balaban J connectivity index is 1.57. The molecule has 1 aromatic carbocycles. The van der Waals surface area contributed by atoms with Crippen molar-refractivity contribution in [2.45, 2.75) is 57.2 Å². The minimum absolute atomic E-state index is 0.229. The lowest BCUT2D eigenvalue weighted by atomic mass is 10.0. The average molecular weight is 538 g/mol. The van der Waals surface area contributed by atoms with Gasteiger partial charge in [0.25, 0.3) is 11.8 Å². The van der Waals surface area contributed by atoms with Crippen LogP contribution in [-0.4, -0.2) is 57.4 Å². The van der Waals surface area contributed by atoms with Crippen LogP contribution in [-0.2, 0) is 16.0 Å². The molecule has 2 bridgehead atoms. The molecule has 0 radical (unpaired) electrons. The van der Waals surface area contributed by atoms with E-state index in [2.05, 4.69) is 36.4 Å². The second-order valence-corrected chi connectivity index (χ2v) is 9.93. The molecule has 2 aromatic heterocycles. The second kappa shape index (κ2) is 13.0. The van der Waals surface area contributed by atoms with Crippen LogP contribution in [0.15, 0.2) is 48.0 Å². The summed E-state index contributed by atoms with van der Waals surface area (Å²) in [6.45, 7) is 2.20. The molecule has 1 aliphatic rings. The molecule has 0 spiro atoms. The van der Waals surface area contributed by atoms with Gasteiger partial charge in [0.2, 0.25) is 11.8 Å². The summed E-state index contributed by atoms with van der Waals surface area (Å²) in [7, 11) is 0. The Hall–Kier alpha value is -4.06. The van der Waals surface area contributed by atoms with Gasteiger partial charge in [-0.3, -0.25) is 24.3 Å². The van der Waals surface area contributed by atoms with Gasteiger partial charge in [-0.15, -0.1) is 11.3 Å². The summed E-state index contributed by atoms with van der Waals surface area (Å²) >= 11 is 1.31. The number of amides is 4. The zero-order valence-corrected chi connectivity index (χ0v) is 21.8. The van der Waals surface area contributed by atoms with E-state index < -0.39 is 29.9 Å². The Morgan fingerprint density at radius 2 is 1.84 bits per heavy atom. The molecule has 5 N–H and O–H groups in total. The molecule has 38 heavy (non-hydrogen) atoms. The van der Waals surface area contributed by atoms with Crippen molar-refractivity contribution in [2.24, 2.45) is 0 Å². The minimum Gasteiger partial charge on any atom is -0.351 e. The zero-order valence-electron chi connectivity index (χ0n) is 21.0. The van der Waals surface area contributed by atoms with Crippen molar-refractivity contribution in [1.29, 1.82) is 0 Å². The predicted molar refractivity (Wildman–Crippen MR) is 141 cm³/mol. The van der Waals surface area contributed by atoms with Gasteiger partial charge in [0, 0.05) is 18.1 Å². The summed E-state index contributed by atoms with van der Waals surface area (Å²) in [4.78, 5) is 56.4. The largest absolute Gasteiger partial charge is 0.351 e. The smallest absolute Gasteiger partial charge is 0.270 e. The van der Waals surface area contributed by atoms with Crippen LogP contribution in [0.3, 0.4) is 0 Å². The van der Waals surface area contributed by atoms with Gasteiger partial charge in [-0.2, -0.15) is 5.10 Å². The first-order valence-electron chi connectivity index (χ1n) is 12.6. The van der Waals surface area contributed by atoms with E-state index in [4.69, 9.17) is 0 Å². The number of carbonyl (C=O) groups is 4. The highest BCUT2D eigenvalue weighted by Crippen LogP contribution is 2.23. The first-order chi connectivity index (χ1) is 18.4. The third kappa shape index (κ3) is 7.03. The Kier molecular flexibility index (Phi) is 9.20. The van der Waals surface area contributed by atoms with Crippen molar-refractivity contribution < 1.29 is 19.2 Å². The summed E-state index contributed by atoms with van der Waals surface area (Å²) in [6.07, 6.45) is 3.76. The maximum absolute atomic E-state index is 13.4. The van der Waals surface area contributed by atoms with Crippen LogP contribution in [0.5, 0.6) is 0 Å². The van der Waals surface area contributed by atoms with Crippen LogP contribution in [0.2, 0.25) is 0 Å². The Bertz CT molecular complexity index is 1250. The molecule has 0 aliphatic carbocycles. The fraction of sp³-hybridized carbons (Fsp3) is 0.385. The van der Waals surface area contributed by atoms with E-state index in [0.717, 1.165) is 5.56 Å². The molecule has 1 aliphatic heterocycles. The van der Waals surface area contributed by atoms with Crippen LogP contribution in [0.4, 0.5) is 0 Å². The quantitative estimate of drug-likeness (QED) is 0.334. The molecule has 12 heteroatoms. The van der Waals surface area contributed by atoms with Gasteiger partial charge >= 0.3 is 0 Å². The summed E-state index contributed by atoms with van der Waals surface area (Å²) in [6, 6.07) is 9.00. The number of aromatic amines is 1. The Morgan fingerprint density at radius 3 is 2.58 bits per heavy atom. The van der Waals surface area contributed by atoms with Crippen molar-refractivity contribution in [3.8, 4) is 0 Å². The van der Waals surface area contributed by atoms with E-state index in [9.17, 15) is 19.2 Å². The molecule has 0 fully saturated rings. The van der Waals surface area contributed by atoms with Gasteiger partial charge in [-0.25, -0.2) is 4.98 Å². The molecule has 3 atom stereocenters. The number of hydrogen-bond donors (Lipinski definition) is 5. The highest BCUT2D eigenvalue weighted by atomic mass is 32.1. The van der Waals surface area contributed by atoms with Crippen molar-refractivity contribution in [3.63, 3.8) is 0 Å². The molecular weight excluding hydrogens is 506 g/mol. The summed E-state index contributed by atoms with van der Waals surface area (Å²) in [5.41, 5.74) is 1.52. The number of benzene rings is 1. The molecule has 0 saturated carbocycles. The number of thiazole rings is 1. The summed E-state index contributed by atoms with van der Waals surface area (Å²) in [5.74, 6) is -1.58. The lowest BCUT2D eigenvalue weighted by Crippen LogP contribution is -2.54. The first kappa shape index (κ1) is 27.0. The monoisotopic (exact) mass is 537 g/mol. The second-order valence-electron chi connectivity index (χ2n) is 9.04. The molecule has 4 amide bonds. The van der Waals surface area contributed by atoms with Crippen molar-refractivity contribution in [2.75, 3.05) is 6.54 Å². The van der Waals surface area contributed by atoms with Gasteiger partial charge in [0.15, 0.2) is 0 Å². The number of fused-ring (bicyclic) bond motifs is 2. The summed E-state index contributed by atoms with van der Waals surface area (Å²) < 4.78 is 0. The molecule has 200 valence electrons. The summed E-state index contributed by atoms with van der Waals surface area (Å²) in [5, 5.41) is 20.1. The predicted octanol–water partition coefficient (Wildman–Crippen LogP) is 1.87. The SMILES string of the molecule is CC[C@H]1NC(=O)[C@@H](NC(=O)c2ccn[nH]2)CCCCNC(=O)c2csc(n2)[C@H](Cc2ccccc2)NC1=O. The van der Waals surface area contributed by atoms with Crippen LogP contribution < -0.4 is 21.3 Å². The van der Waals surface area contributed by atoms with Crippen molar-refractivity contribution >= 4 is 35.0 Å². The molecule has 0 unspecified atom stereocenters. The maximum atomic E-state index is 13.4. The highest BCUT2D eigenvalue weighted by molar-refractivity contribution is 7.09. The van der Waals surface area contributed by atoms with Gasteiger partial charge in [0.05, 0.1) is 6.04 Å². The van der Waals surface area contributed by atoms with Gasteiger partial charge < -0.3 is 21.3 Å². The third-order valence-electron chi connectivity index (χ3n) is 6.27. The van der Waals surface area contributed by atoms with Crippen LogP contribution in [0.1, 0.15) is 70.2 Å². The van der Waals surface area contributed by atoms with Gasteiger partial charge in [-0.05, 0) is 43.7 Å². The third-order valence-corrected chi connectivity index (χ3v) is 7.22. The minimum atomic E-state index is -0.866. The van der Waals surface area contributed by atoms with Crippen molar-refractivity contribution in [3.05, 3.63) is 69.9 Å². The Morgan fingerprint density at radius 1 is 1.05 bits per heavy atom. The number of nitrogens with zero attached hydrogens (tertiary/aromatic N) is 2. The fourth-order valence-corrected chi connectivity index (χ4v) is 5.00. The number of hydrogen-bond acceptors (Lipinski definition) is 7. The van der Waals surface area contributed by atoms with E-state index in [0.29, 0.717) is 49.4 Å². The topological polar surface area (TPSA) is 158 Å². The molecule has 11 nitrogen and oxygen atoms in total. The van der Waals surface area contributed by atoms with E-state index in [1.165, 1.54) is 23.6 Å². The van der Waals surface area contributed by atoms with Crippen molar-refractivity contribution in [1.82, 2.24) is 36.4 Å². The Labute approximate surface area is 224 Å². The average Bonchev–Trinajstić information content (AvgIpc) is 3.63. The normalized spacial score (nSPS) is 21.2. The lowest BCUT2D eigenvalue weighted by Gasteiger charge is -2.24. The maximum Gasteiger partial charge on any atom is 0.270 e. The molecule has 3 aromatic rings. The molecule has 4 rings (SSSR count). The molecular formula is C26H31N7O4S.